The second-order valence-electron chi connectivity index (χ2n) is 7.00. The number of benzene rings is 1. The Balaban J connectivity index is 1.92. The van der Waals surface area contributed by atoms with E-state index in [1.54, 1.807) is 23.2 Å². The van der Waals surface area contributed by atoms with E-state index in [4.69, 9.17) is 4.74 Å². The van der Waals surface area contributed by atoms with Gasteiger partial charge in [0, 0.05) is 24.0 Å². The lowest BCUT2D eigenvalue weighted by molar-refractivity contribution is -0.133. The smallest absolute Gasteiger partial charge is 0.268 e. The van der Waals surface area contributed by atoms with E-state index >= 15 is 0 Å². The minimum Gasteiger partial charge on any atom is -0.479 e. The molecule has 1 aromatic heterocycles. The van der Waals surface area contributed by atoms with Crippen molar-refractivity contribution in [2.24, 2.45) is 0 Å². The van der Waals surface area contributed by atoms with Crippen molar-refractivity contribution in [1.29, 1.82) is 0 Å². The van der Waals surface area contributed by atoms with Gasteiger partial charge in [0.05, 0.1) is 16.4 Å². The molecule has 0 spiro atoms. The van der Waals surface area contributed by atoms with E-state index in [0.717, 1.165) is 29.1 Å². The fourth-order valence-electron chi connectivity index (χ4n) is 3.36. The van der Waals surface area contributed by atoms with Crippen LogP contribution < -0.4 is 9.64 Å². The molecule has 0 radical (unpaired) electrons. The Morgan fingerprint density at radius 2 is 2.00 bits per heavy atom. The Morgan fingerprint density at radius 1 is 1.29 bits per heavy atom. The standard InChI is InChI=1S/C21H27N3O3S/c1-5-9-23(10-6-2)20(25)12-24-18-11-16(17-13-28-15(4)22-17)7-8-19(18)27-14(3)21(24)26/h7-8,11,13-14H,5-6,9-10,12H2,1-4H3. The molecule has 2 aromatic rings. The summed E-state index contributed by atoms with van der Waals surface area (Å²) in [6.07, 6.45) is 1.17. The molecule has 2 amide bonds. The highest BCUT2D eigenvalue weighted by Gasteiger charge is 2.34. The molecule has 0 saturated carbocycles. The third kappa shape index (κ3) is 4.19. The summed E-state index contributed by atoms with van der Waals surface area (Å²) in [6, 6.07) is 5.69. The van der Waals surface area contributed by atoms with E-state index in [2.05, 4.69) is 18.8 Å². The van der Waals surface area contributed by atoms with Crippen LogP contribution >= 0.6 is 11.3 Å². The normalized spacial score (nSPS) is 15.9. The van der Waals surface area contributed by atoms with Crippen LogP contribution in [0.4, 0.5) is 5.69 Å². The van der Waals surface area contributed by atoms with E-state index in [9.17, 15) is 9.59 Å². The van der Waals surface area contributed by atoms with Crippen molar-refractivity contribution < 1.29 is 14.3 Å². The van der Waals surface area contributed by atoms with Crippen LogP contribution in [0.1, 0.15) is 38.6 Å². The first-order valence-electron chi connectivity index (χ1n) is 9.77. The predicted octanol–water partition coefficient (Wildman–Crippen LogP) is 3.88. The van der Waals surface area contributed by atoms with Gasteiger partial charge in [0.25, 0.3) is 5.91 Å². The molecule has 7 heteroatoms. The first kappa shape index (κ1) is 20.3. The predicted molar refractivity (Wildman–Crippen MR) is 112 cm³/mol. The molecule has 2 heterocycles. The van der Waals surface area contributed by atoms with Crippen LogP contribution in [0.25, 0.3) is 11.3 Å². The Kier molecular flexibility index (Phi) is 6.34. The van der Waals surface area contributed by atoms with Crippen molar-refractivity contribution >= 4 is 28.8 Å². The molecule has 0 saturated heterocycles. The Bertz CT molecular complexity index is 858. The van der Waals surface area contributed by atoms with Crippen LogP contribution in [0.2, 0.25) is 0 Å². The second-order valence-corrected chi connectivity index (χ2v) is 8.06. The molecule has 0 bridgehead atoms. The van der Waals surface area contributed by atoms with E-state index in [1.807, 2.05) is 35.4 Å². The Labute approximate surface area is 170 Å². The van der Waals surface area contributed by atoms with Gasteiger partial charge in [-0.15, -0.1) is 11.3 Å². The van der Waals surface area contributed by atoms with Gasteiger partial charge in [-0.05, 0) is 44.9 Å². The highest BCUT2D eigenvalue weighted by molar-refractivity contribution is 7.09. The van der Waals surface area contributed by atoms with Gasteiger partial charge in [0.1, 0.15) is 12.3 Å². The van der Waals surface area contributed by atoms with Crippen LogP contribution in [-0.4, -0.2) is 47.4 Å². The lowest BCUT2D eigenvalue weighted by Crippen LogP contribution is -2.49. The number of nitrogens with zero attached hydrogens (tertiary/aromatic N) is 3. The number of aromatic nitrogens is 1. The lowest BCUT2D eigenvalue weighted by atomic mass is 10.1. The number of anilines is 1. The molecule has 1 aromatic carbocycles. The molecule has 0 fully saturated rings. The van der Waals surface area contributed by atoms with E-state index in [-0.39, 0.29) is 18.4 Å². The molecule has 1 aliphatic heterocycles. The molecule has 1 aliphatic rings. The number of rotatable bonds is 7. The molecule has 3 rings (SSSR count). The highest BCUT2D eigenvalue weighted by Crippen LogP contribution is 2.37. The summed E-state index contributed by atoms with van der Waals surface area (Å²) < 4.78 is 5.77. The zero-order valence-electron chi connectivity index (χ0n) is 16.9. The summed E-state index contributed by atoms with van der Waals surface area (Å²) >= 11 is 1.58. The minimum absolute atomic E-state index is 0.0269. The van der Waals surface area contributed by atoms with Crippen LogP contribution in [0, 0.1) is 6.92 Å². The molecule has 6 nitrogen and oxygen atoms in total. The van der Waals surface area contributed by atoms with Crippen molar-refractivity contribution in [3.05, 3.63) is 28.6 Å². The van der Waals surface area contributed by atoms with Gasteiger partial charge >= 0.3 is 0 Å². The summed E-state index contributed by atoms with van der Waals surface area (Å²) in [5, 5.41) is 2.97. The van der Waals surface area contributed by atoms with Gasteiger partial charge in [-0.1, -0.05) is 13.8 Å². The SMILES string of the molecule is CCCN(CCC)C(=O)CN1C(=O)C(C)Oc2ccc(-c3csc(C)n3)cc21. The zero-order chi connectivity index (χ0) is 20.3. The van der Waals surface area contributed by atoms with Crippen molar-refractivity contribution in [3.8, 4) is 17.0 Å². The first-order valence-corrected chi connectivity index (χ1v) is 10.6. The summed E-state index contributed by atoms with van der Waals surface area (Å²) in [6.45, 7) is 9.21. The fourth-order valence-corrected chi connectivity index (χ4v) is 3.98. The number of hydrogen-bond donors (Lipinski definition) is 0. The molecule has 28 heavy (non-hydrogen) atoms. The average Bonchev–Trinajstić information content (AvgIpc) is 3.11. The van der Waals surface area contributed by atoms with E-state index in [0.29, 0.717) is 24.5 Å². The number of thiazole rings is 1. The number of ether oxygens (including phenoxy) is 1. The number of carbonyl (C=O) groups excluding carboxylic acids is 2. The number of hydrogen-bond acceptors (Lipinski definition) is 5. The number of fused-ring (bicyclic) bond motifs is 1. The summed E-state index contributed by atoms with van der Waals surface area (Å²) in [5.41, 5.74) is 2.40. The molecular weight excluding hydrogens is 374 g/mol. The average molecular weight is 402 g/mol. The van der Waals surface area contributed by atoms with Crippen molar-refractivity contribution in [1.82, 2.24) is 9.88 Å². The number of carbonyl (C=O) groups is 2. The molecule has 1 unspecified atom stereocenters. The lowest BCUT2D eigenvalue weighted by Gasteiger charge is -2.34. The summed E-state index contributed by atoms with van der Waals surface area (Å²) in [4.78, 5) is 33.6. The maximum absolute atomic E-state index is 12.9. The topological polar surface area (TPSA) is 62.7 Å². The maximum atomic E-state index is 12.9. The van der Waals surface area contributed by atoms with Crippen molar-refractivity contribution in [2.45, 2.75) is 46.6 Å². The van der Waals surface area contributed by atoms with Gasteiger partial charge in [-0.2, -0.15) is 0 Å². The fraction of sp³-hybridized carbons (Fsp3) is 0.476. The van der Waals surface area contributed by atoms with Gasteiger partial charge in [-0.25, -0.2) is 4.98 Å². The van der Waals surface area contributed by atoms with Crippen LogP contribution in [-0.2, 0) is 9.59 Å². The van der Waals surface area contributed by atoms with Crippen LogP contribution in [0.15, 0.2) is 23.6 Å². The third-order valence-corrected chi connectivity index (χ3v) is 5.49. The van der Waals surface area contributed by atoms with Crippen LogP contribution in [0.3, 0.4) is 0 Å². The third-order valence-electron chi connectivity index (χ3n) is 4.72. The van der Waals surface area contributed by atoms with Gasteiger partial charge in [0.2, 0.25) is 5.91 Å². The molecular formula is C21H27N3O3S. The van der Waals surface area contributed by atoms with E-state index < -0.39 is 6.10 Å². The molecule has 1 atom stereocenters. The summed E-state index contributed by atoms with van der Waals surface area (Å²) in [7, 11) is 0. The largest absolute Gasteiger partial charge is 0.479 e. The molecule has 0 N–H and O–H groups in total. The summed E-state index contributed by atoms with van der Waals surface area (Å²) in [5.74, 6) is 0.389. The van der Waals surface area contributed by atoms with Gasteiger partial charge < -0.3 is 9.64 Å². The maximum Gasteiger partial charge on any atom is 0.268 e. The molecule has 0 aliphatic carbocycles. The monoisotopic (exact) mass is 401 g/mol. The molecule has 150 valence electrons. The second kappa shape index (κ2) is 8.73. The quantitative estimate of drug-likeness (QED) is 0.706. The van der Waals surface area contributed by atoms with Crippen molar-refractivity contribution in [3.63, 3.8) is 0 Å². The highest BCUT2D eigenvalue weighted by atomic mass is 32.1. The Hall–Kier alpha value is -2.41. The van der Waals surface area contributed by atoms with E-state index in [1.165, 1.54) is 0 Å². The van der Waals surface area contributed by atoms with Gasteiger partial charge in [0.15, 0.2) is 6.10 Å². The number of amides is 2. The first-order chi connectivity index (χ1) is 13.4. The number of aryl methyl sites for hydroxylation is 1. The Morgan fingerprint density at radius 3 is 2.61 bits per heavy atom. The zero-order valence-corrected chi connectivity index (χ0v) is 17.7. The van der Waals surface area contributed by atoms with Gasteiger partial charge in [-0.3, -0.25) is 14.5 Å². The minimum atomic E-state index is -0.613. The van der Waals surface area contributed by atoms with Crippen molar-refractivity contribution in [2.75, 3.05) is 24.5 Å². The van der Waals surface area contributed by atoms with Crippen LogP contribution in [0.5, 0.6) is 5.75 Å².